The number of benzene rings is 3. The SMILES string of the molecule is O=C1CC2c3ccccc3CC2c2cc3ccccc3cc21. The summed E-state index contributed by atoms with van der Waals surface area (Å²) in [4.78, 5) is 12.7. The van der Waals surface area contributed by atoms with Gasteiger partial charge >= 0.3 is 0 Å². The molecule has 3 aromatic carbocycles. The molecule has 2 unspecified atom stereocenters. The van der Waals surface area contributed by atoms with E-state index < -0.39 is 0 Å². The fraction of sp³-hybridized carbons (Fsp3) is 0.190. The molecule has 0 saturated carbocycles. The van der Waals surface area contributed by atoms with Crippen molar-refractivity contribution in [2.24, 2.45) is 0 Å². The third kappa shape index (κ3) is 1.57. The van der Waals surface area contributed by atoms with Gasteiger partial charge in [-0.15, -0.1) is 0 Å². The predicted octanol–water partition coefficient (Wildman–Crippen LogP) is 4.85. The van der Waals surface area contributed by atoms with Crippen LogP contribution in [0.2, 0.25) is 0 Å². The molecule has 0 saturated heterocycles. The van der Waals surface area contributed by atoms with E-state index in [0.717, 1.165) is 12.0 Å². The highest BCUT2D eigenvalue weighted by Crippen LogP contribution is 2.50. The van der Waals surface area contributed by atoms with Gasteiger partial charge in [-0.25, -0.2) is 0 Å². The quantitative estimate of drug-likeness (QED) is 0.576. The first-order valence-electron chi connectivity index (χ1n) is 7.95. The fourth-order valence-electron chi connectivity index (χ4n) is 4.37. The maximum absolute atomic E-state index is 12.7. The molecule has 0 bridgehead atoms. The Balaban J connectivity index is 1.74. The first-order valence-corrected chi connectivity index (χ1v) is 7.95. The van der Waals surface area contributed by atoms with Crippen LogP contribution < -0.4 is 0 Å². The zero-order valence-corrected chi connectivity index (χ0v) is 12.3. The molecule has 22 heavy (non-hydrogen) atoms. The van der Waals surface area contributed by atoms with Crippen molar-refractivity contribution in [3.8, 4) is 0 Å². The Bertz CT molecular complexity index is 922. The van der Waals surface area contributed by atoms with Crippen LogP contribution in [0.4, 0.5) is 0 Å². The summed E-state index contributed by atoms with van der Waals surface area (Å²) >= 11 is 0. The summed E-state index contributed by atoms with van der Waals surface area (Å²) in [6.07, 6.45) is 1.73. The van der Waals surface area contributed by atoms with Gasteiger partial charge in [0.2, 0.25) is 0 Å². The topological polar surface area (TPSA) is 17.1 Å². The second-order valence-electron chi connectivity index (χ2n) is 6.53. The maximum Gasteiger partial charge on any atom is 0.163 e. The molecular formula is C21H16O. The molecule has 0 amide bonds. The van der Waals surface area contributed by atoms with E-state index in [4.69, 9.17) is 0 Å². The minimum absolute atomic E-state index is 0.304. The molecule has 0 fully saturated rings. The summed E-state index contributed by atoms with van der Waals surface area (Å²) in [7, 11) is 0. The maximum atomic E-state index is 12.7. The first-order chi connectivity index (χ1) is 10.8. The molecule has 0 heterocycles. The number of hydrogen-bond donors (Lipinski definition) is 0. The standard InChI is InChI=1S/C21H16O/c22-21-12-19-16-8-4-3-7-15(16)11-17(19)18-9-13-5-1-2-6-14(13)10-20(18)21/h1-10,17,19H,11-12H2. The highest BCUT2D eigenvalue weighted by Gasteiger charge is 2.40. The van der Waals surface area contributed by atoms with Crippen molar-refractivity contribution in [3.05, 3.63) is 82.9 Å². The van der Waals surface area contributed by atoms with Gasteiger partial charge in [-0.2, -0.15) is 0 Å². The van der Waals surface area contributed by atoms with Crippen LogP contribution in [0.1, 0.15) is 45.3 Å². The monoisotopic (exact) mass is 284 g/mol. The van der Waals surface area contributed by atoms with Gasteiger partial charge in [0.25, 0.3) is 0 Å². The molecule has 2 atom stereocenters. The summed E-state index contributed by atoms with van der Waals surface area (Å²) < 4.78 is 0. The molecule has 106 valence electrons. The highest BCUT2D eigenvalue weighted by atomic mass is 16.1. The molecule has 2 aliphatic rings. The summed E-state index contributed by atoms with van der Waals surface area (Å²) in [5.74, 6) is 1.14. The van der Waals surface area contributed by atoms with Crippen molar-refractivity contribution in [3.63, 3.8) is 0 Å². The van der Waals surface area contributed by atoms with E-state index in [1.165, 1.54) is 27.5 Å². The summed E-state index contributed by atoms with van der Waals surface area (Å²) in [5, 5.41) is 2.41. The van der Waals surface area contributed by atoms with Gasteiger partial charge in [0.05, 0.1) is 0 Å². The second kappa shape index (κ2) is 4.30. The Morgan fingerprint density at radius 3 is 2.27 bits per heavy atom. The van der Waals surface area contributed by atoms with Gasteiger partial charge in [-0.3, -0.25) is 4.79 Å². The van der Waals surface area contributed by atoms with Crippen molar-refractivity contribution >= 4 is 16.6 Å². The lowest BCUT2D eigenvalue weighted by Crippen LogP contribution is -2.21. The van der Waals surface area contributed by atoms with Crippen LogP contribution in [0.15, 0.2) is 60.7 Å². The molecule has 3 aromatic rings. The Morgan fingerprint density at radius 1 is 0.727 bits per heavy atom. The number of hydrogen-bond acceptors (Lipinski definition) is 1. The minimum atomic E-state index is 0.304. The van der Waals surface area contributed by atoms with E-state index in [9.17, 15) is 4.79 Å². The van der Waals surface area contributed by atoms with E-state index in [-0.39, 0.29) is 0 Å². The lowest BCUT2D eigenvalue weighted by molar-refractivity contribution is 0.0959. The first kappa shape index (κ1) is 12.2. The van der Waals surface area contributed by atoms with Crippen LogP contribution in [0.3, 0.4) is 0 Å². The lowest BCUT2D eigenvalue weighted by Gasteiger charge is -2.28. The van der Waals surface area contributed by atoms with E-state index in [0.29, 0.717) is 24.0 Å². The average Bonchev–Trinajstić information content (AvgIpc) is 2.93. The smallest absolute Gasteiger partial charge is 0.163 e. The van der Waals surface area contributed by atoms with Crippen molar-refractivity contribution in [2.45, 2.75) is 24.7 Å². The summed E-state index contributed by atoms with van der Waals surface area (Å²) in [6.45, 7) is 0. The average molecular weight is 284 g/mol. The van der Waals surface area contributed by atoms with Gasteiger partial charge in [0.15, 0.2) is 5.78 Å². The molecule has 0 N–H and O–H groups in total. The van der Waals surface area contributed by atoms with Gasteiger partial charge in [0, 0.05) is 12.0 Å². The Morgan fingerprint density at radius 2 is 1.41 bits per heavy atom. The number of carbonyl (C=O) groups excluding carboxylic acids is 1. The summed E-state index contributed by atoms with van der Waals surface area (Å²) in [6, 6.07) is 21.3. The van der Waals surface area contributed by atoms with Crippen LogP contribution in [-0.2, 0) is 6.42 Å². The predicted molar refractivity (Wildman–Crippen MR) is 88.5 cm³/mol. The molecule has 5 rings (SSSR count). The Labute approximate surface area is 129 Å². The van der Waals surface area contributed by atoms with Crippen molar-refractivity contribution in [1.29, 1.82) is 0 Å². The number of carbonyl (C=O) groups is 1. The molecule has 0 aromatic heterocycles. The zero-order valence-electron chi connectivity index (χ0n) is 12.3. The van der Waals surface area contributed by atoms with Gasteiger partial charge in [0.1, 0.15) is 0 Å². The fourth-order valence-corrected chi connectivity index (χ4v) is 4.37. The third-order valence-corrected chi connectivity index (χ3v) is 5.40. The number of rotatable bonds is 0. The normalized spacial score (nSPS) is 22.3. The second-order valence-corrected chi connectivity index (χ2v) is 6.53. The van der Waals surface area contributed by atoms with Crippen molar-refractivity contribution < 1.29 is 4.79 Å². The molecule has 1 nitrogen and oxygen atoms in total. The Kier molecular flexibility index (Phi) is 2.38. The van der Waals surface area contributed by atoms with E-state index in [2.05, 4.69) is 54.6 Å². The van der Waals surface area contributed by atoms with Crippen LogP contribution in [0.5, 0.6) is 0 Å². The largest absolute Gasteiger partial charge is 0.294 e. The Hall–Kier alpha value is -2.41. The van der Waals surface area contributed by atoms with Crippen LogP contribution in [-0.4, -0.2) is 5.78 Å². The molecule has 1 heteroatoms. The number of Topliss-reactive ketones (excluding diaryl/α,β-unsaturated/α-hetero) is 1. The third-order valence-electron chi connectivity index (χ3n) is 5.40. The minimum Gasteiger partial charge on any atom is -0.294 e. The summed E-state index contributed by atoms with van der Waals surface area (Å²) in [5.41, 5.74) is 5.02. The number of fused-ring (bicyclic) bond motifs is 6. The van der Waals surface area contributed by atoms with Crippen LogP contribution in [0.25, 0.3) is 10.8 Å². The molecule has 0 radical (unpaired) electrons. The van der Waals surface area contributed by atoms with E-state index in [1.54, 1.807) is 0 Å². The molecule has 0 aliphatic heterocycles. The molecule has 0 spiro atoms. The van der Waals surface area contributed by atoms with Crippen LogP contribution in [0, 0.1) is 0 Å². The zero-order chi connectivity index (χ0) is 14.7. The lowest BCUT2D eigenvalue weighted by atomic mass is 9.74. The number of ketones is 1. The molecule has 2 aliphatic carbocycles. The van der Waals surface area contributed by atoms with Gasteiger partial charge < -0.3 is 0 Å². The van der Waals surface area contributed by atoms with E-state index >= 15 is 0 Å². The van der Waals surface area contributed by atoms with E-state index in [1.807, 2.05) is 6.07 Å². The van der Waals surface area contributed by atoms with Gasteiger partial charge in [-0.05, 0) is 51.8 Å². The van der Waals surface area contributed by atoms with Crippen LogP contribution >= 0.6 is 0 Å². The molecular weight excluding hydrogens is 268 g/mol. The highest BCUT2D eigenvalue weighted by molar-refractivity contribution is 6.03. The van der Waals surface area contributed by atoms with Crippen molar-refractivity contribution in [1.82, 2.24) is 0 Å². The van der Waals surface area contributed by atoms with Gasteiger partial charge in [-0.1, -0.05) is 54.6 Å². The van der Waals surface area contributed by atoms with Crippen molar-refractivity contribution in [2.75, 3.05) is 0 Å².